The van der Waals surface area contributed by atoms with Crippen LogP contribution in [0.4, 0.5) is 0 Å². The maximum absolute atomic E-state index is 13.0. The highest BCUT2D eigenvalue weighted by Gasteiger charge is 2.31. The third kappa shape index (κ3) is 3.00. The molecule has 1 aliphatic rings. The van der Waals surface area contributed by atoms with Gasteiger partial charge in [-0.3, -0.25) is 4.79 Å². The summed E-state index contributed by atoms with van der Waals surface area (Å²) in [6, 6.07) is 25.7. The van der Waals surface area contributed by atoms with E-state index in [1.807, 2.05) is 83.8 Å². The smallest absolute Gasteiger partial charge is 0.259 e. The Hall–Kier alpha value is -3.33. The summed E-state index contributed by atoms with van der Waals surface area (Å²) in [5.74, 6) is 0.850. The molecular formula is C23H19NO2. The maximum Gasteiger partial charge on any atom is 0.259 e. The molecule has 0 aliphatic carbocycles. The van der Waals surface area contributed by atoms with Crippen molar-refractivity contribution < 1.29 is 9.53 Å². The van der Waals surface area contributed by atoms with Crippen LogP contribution in [-0.2, 0) is 6.54 Å². The van der Waals surface area contributed by atoms with E-state index in [1.54, 1.807) is 7.11 Å². The van der Waals surface area contributed by atoms with Crippen molar-refractivity contribution in [1.29, 1.82) is 0 Å². The lowest BCUT2D eigenvalue weighted by atomic mass is 10.1. The fourth-order valence-corrected chi connectivity index (χ4v) is 3.23. The number of ether oxygens (including phenoxy) is 1. The number of methoxy groups -OCH3 is 1. The number of nitrogens with zero attached hydrogens (tertiary/aromatic N) is 1. The van der Waals surface area contributed by atoms with Gasteiger partial charge in [-0.15, -0.1) is 0 Å². The van der Waals surface area contributed by atoms with E-state index in [2.05, 4.69) is 6.08 Å². The predicted octanol–water partition coefficient (Wildman–Crippen LogP) is 4.85. The Kier molecular flexibility index (Phi) is 4.28. The molecule has 0 saturated carbocycles. The Balaban J connectivity index is 1.74. The van der Waals surface area contributed by atoms with Gasteiger partial charge in [-0.2, -0.15) is 0 Å². The molecule has 3 heteroatoms. The van der Waals surface area contributed by atoms with E-state index < -0.39 is 0 Å². The molecule has 0 spiro atoms. The molecule has 3 aromatic rings. The van der Waals surface area contributed by atoms with Crippen molar-refractivity contribution in [2.45, 2.75) is 6.54 Å². The normalized spacial score (nSPS) is 14.6. The van der Waals surface area contributed by atoms with Crippen molar-refractivity contribution in [1.82, 2.24) is 4.90 Å². The quantitative estimate of drug-likeness (QED) is 0.679. The average Bonchev–Trinajstić information content (AvgIpc) is 2.95. The molecule has 1 aliphatic heterocycles. The van der Waals surface area contributed by atoms with Gasteiger partial charge in [0.2, 0.25) is 0 Å². The molecule has 3 aromatic carbocycles. The number of hydrogen-bond donors (Lipinski definition) is 0. The van der Waals surface area contributed by atoms with Gasteiger partial charge in [-0.1, -0.05) is 60.7 Å². The molecular weight excluding hydrogens is 322 g/mol. The van der Waals surface area contributed by atoms with Gasteiger partial charge < -0.3 is 9.64 Å². The van der Waals surface area contributed by atoms with Crippen LogP contribution in [0.15, 0.2) is 78.9 Å². The summed E-state index contributed by atoms with van der Waals surface area (Å²) < 4.78 is 5.22. The highest BCUT2D eigenvalue weighted by atomic mass is 16.5. The van der Waals surface area contributed by atoms with Gasteiger partial charge in [0.05, 0.1) is 19.4 Å². The fourth-order valence-electron chi connectivity index (χ4n) is 3.23. The summed E-state index contributed by atoms with van der Waals surface area (Å²) in [6.07, 6.45) is 2.08. The van der Waals surface area contributed by atoms with E-state index in [0.717, 1.165) is 33.7 Å². The molecule has 0 fully saturated rings. The zero-order valence-electron chi connectivity index (χ0n) is 14.6. The monoisotopic (exact) mass is 341 g/mol. The summed E-state index contributed by atoms with van der Waals surface area (Å²) in [7, 11) is 1.65. The summed E-state index contributed by atoms with van der Waals surface area (Å²) in [5.41, 5.74) is 4.81. The number of carbonyl (C=O) groups excluding carboxylic acids is 1. The van der Waals surface area contributed by atoms with E-state index >= 15 is 0 Å². The summed E-state index contributed by atoms with van der Waals surface area (Å²) >= 11 is 0. The molecule has 0 atom stereocenters. The van der Waals surface area contributed by atoms with Crippen LogP contribution in [0.3, 0.4) is 0 Å². The Bertz CT molecular complexity index is 959. The lowest BCUT2D eigenvalue weighted by Crippen LogP contribution is -2.22. The van der Waals surface area contributed by atoms with E-state index in [1.165, 1.54) is 0 Å². The summed E-state index contributed by atoms with van der Waals surface area (Å²) in [6.45, 7) is 0.524. The van der Waals surface area contributed by atoms with Crippen LogP contribution in [0.1, 0.15) is 27.0 Å². The molecule has 3 nitrogen and oxygen atoms in total. The molecule has 26 heavy (non-hydrogen) atoms. The largest absolute Gasteiger partial charge is 0.497 e. The van der Waals surface area contributed by atoms with Gasteiger partial charge in [0.15, 0.2) is 0 Å². The molecule has 4 rings (SSSR count). The van der Waals surface area contributed by atoms with Crippen molar-refractivity contribution in [3.63, 3.8) is 0 Å². The van der Waals surface area contributed by atoms with Gasteiger partial charge in [0.1, 0.15) is 5.75 Å². The number of amides is 1. The van der Waals surface area contributed by atoms with Gasteiger partial charge >= 0.3 is 0 Å². The molecule has 0 unspecified atom stereocenters. The fraction of sp³-hybridized carbons (Fsp3) is 0.0870. The minimum absolute atomic E-state index is 0.0404. The molecule has 0 radical (unpaired) electrons. The second-order valence-electron chi connectivity index (χ2n) is 6.23. The van der Waals surface area contributed by atoms with Crippen molar-refractivity contribution in [3.05, 3.63) is 101 Å². The van der Waals surface area contributed by atoms with E-state index in [4.69, 9.17) is 4.74 Å². The van der Waals surface area contributed by atoms with Crippen LogP contribution in [0.25, 0.3) is 11.8 Å². The Morgan fingerprint density at radius 3 is 2.19 bits per heavy atom. The highest BCUT2D eigenvalue weighted by molar-refractivity contribution is 6.11. The first-order valence-corrected chi connectivity index (χ1v) is 8.57. The minimum Gasteiger partial charge on any atom is -0.497 e. The number of benzene rings is 3. The topological polar surface area (TPSA) is 29.5 Å². The van der Waals surface area contributed by atoms with Crippen LogP contribution in [0, 0.1) is 0 Å². The van der Waals surface area contributed by atoms with Crippen LogP contribution in [0.5, 0.6) is 5.75 Å². The van der Waals surface area contributed by atoms with E-state index in [0.29, 0.717) is 6.54 Å². The molecule has 1 heterocycles. The first-order valence-electron chi connectivity index (χ1n) is 8.57. The third-order valence-electron chi connectivity index (χ3n) is 4.57. The minimum atomic E-state index is 0.0404. The zero-order chi connectivity index (χ0) is 17.9. The Labute approximate surface area is 153 Å². The molecule has 0 saturated heterocycles. The predicted molar refractivity (Wildman–Crippen MR) is 104 cm³/mol. The highest BCUT2D eigenvalue weighted by Crippen LogP contribution is 2.35. The van der Waals surface area contributed by atoms with Crippen molar-refractivity contribution in [2.24, 2.45) is 0 Å². The number of rotatable bonds is 4. The van der Waals surface area contributed by atoms with Crippen LogP contribution in [0.2, 0.25) is 0 Å². The molecule has 128 valence electrons. The Morgan fingerprint density at radius 1 is 0.846 bits per heavy atom. The average molecular weight is 341 g/mol. The van der Waals surface area contributed by atoms with Crippen LogP contribution < -0.4 is 4.74 Å². The lowest BCUT2D eigenvalue weighted by Gasteiger charge is -2.19. The second-order valence-corrected chi connectivity index (χ2v) is 6.23. The first kappa shape index (κ1) is 16.2. The summed E-state index contributed by atoms with van der Waals surface area (Å²) in [4.78, 5) is 14.8. The molecule has 0 N–H and O–H groups in total. The first-order chi connectivity index (χ1) is 12.8. The Morgan fingerprint density at radius 2 is 1.50 bits per heavy atom. The van der Waals surface area contributed by atoms with E-state index in [9.17, 15) is 4.79 Å². The third-order valence-corrected chi connectivity index (χ3v) is 4.57. The standard InChI is InChI=1S/C23H19NO2/c1-26-19-13-11-18(12-14-19)16-24-22(15-17-7-3-2-4-8-17)20-9-5-6-10-21(20)23(24)25/h2-15H,16H2,1H3/b22-15+. The van der Waals surface area contributed by atoms with Crippen molar-refractivity contribution >= 4 is 17.7 Å². The van der Waals surface area contributed by atoms with Gasteiger partial charge in [0, 0.05) is 11.1 Å². The second kappa shape index (κ2) is 6.89. The van der Waals surface area contributed by atoms with Crippen molar-refractivity contribution in [3.8, 4) is 5.75 Å². The molecule has 1 amide bonds. The lowest BCUT2D eigenvalue weighted by molar-refractivity contribution is 0.0843. The zero-order valence-corrected chi connectivity index (χ0v) is 14.6. The van der Waals surface area contributed by atoms with Gasteiger partial charge in [-0.05, 0) is 35.4 Å². The van der Waals surface area contributed by atoms with Gasteiger partial charge in [0.25, 0.3) is 5.91 Å². The number of carbonyl (C=O) groups is 1. The number of fused-ring (bicyclic) bond motifs is 1. The van der Waals surface area contributed by atoms with Crippen LogP contribution in [-0.4, -0.2) is 17.9 Å². The summed E-state index contributed by atoms with van der Waals surface area (Å²) in [5, 5.41) is 0. The molecule has 0 bridgehead atoms. The van der Waals surface area contributed by atoms with Crippen LogP contribution >= 0.6 is 0 Å². The number of hydrogen-bond acceptors (Lipinski definition) is 2. The SMILES string of the molecule is COc1ccc(CN2C(=O)c3ccccc3/C2=C\c2ccccc2)cc1. The van der Waals surface area contributed by atoms with Gasteiger partial charge in [-0.25, -0.2) is 0 Å². The van der Waals surface area contributed by atoms with Crippen molar-refractivity contribution in [2.75, 3.05) is 7.11 Å². The molecule has 0 aromatic heterocycles. The van der Waals surface area contributed by atoms with E-state index in [-0.39, 0.29) is 5.91 Å². The maximum atomic E-state index is 13.0.